The maximum absolute atomic E-state index is 2.69. The van der Waals surface area contributed by atoms with Gasteiger partial charge in [-0.25, -0.2) is 0 Å². The SMILES string of the molecule is CCC[CH2][Sn]([CH2]CCC)([CH2]CCC)[c]1cc2sc3c4sccc4sc3c2s1. The third kappa shape index (κ3) is 3.90. The second-order valence-corrected chi connectivity index (χ2v) is 26.1. The number of thiophene rings is 4. The van der Waals surface area contributed by atoms with Gasteiger partial charge in [-0.05, 0) is 0 Å². The van der Waals surface area contributed by atoms with Crippen LogP contribution in [0.2, 0.25) is 13.3 Å². The van der Waals surface area contributed by atoms with E-state index in [1.165, 1.54) is 47.9 Å². The molecule has 0 fully saturated rings. The maximum atomic E-state index is 2.69. The normalized spacial score (nSPS) is 12.9. The number of hydrogen-bond acceptors (Lipinski definition) is 4. The van der Waals surface area contributed by atoms with Crippen LogP contribution in [-0.4, -0.2) is 18.4 Å². The summed E-state index contributed by atoms with van der Waals surface area (Å²) >= 11 is 5.99. The van der Waals surface area contributed by atoms with Crippen LogP contribution in [0.4, 0.5) is 0 Å². The number of rotatable bonds is 10. The molecule has 4 rings (SSSR count). The van der Waals surface area contributed by atoms with Crippen LogP contribution < -0.4 is 2.89 Å². The Morgan fingerprint density at radius 2 is 1.30 bits per heavy atom. The molecule has 0 unspecified atom stereocenters. The first-order valence-corrected chi connectivity index (χ1v) is 21.4. The van der Waals surface area contributed by atoms with Crippen LogP contribution in [-0.2, 0) is 0 Å². The van der Waals surface area contributed by atoms with Gasteiger partial charge in [-0.2, -0.15) is 0 Å². The Hall–Kier alpha value is 0.379. The van der Waals surface area contributed by atoms with Gasteiger partial charge in [0.15, 0.2) is 0 Å². The van der Waals surface area contributed by atoms with Gasteiger partial charge < -0.3 is 0 Å². The standard InChI is InChI=1S/C10H3S4.3C4H9.Sn/c1-3-11-7-5(1)13-10-8-6(2-4-12-8)14-9(7)10;3*1-3-4-2;/h1-3H;3*1,3-4H2,2H3;. The Balaban J connectivity index is 1.79. The van der Waals surface area contributed by atoms with Gasteiger partial charge in [0, 0.05) is 0 Å². The second kappa shape index (κ2) is 9.03. The average molecular weight is 541 g/mol. The van der Waals surface area contributed by atoms with E-state index in [1.54, 1.807) is 32.1 Å². The van der Waals surface area contributed by atoms with Gasteiger partial charge in [0.05, 0.1) is 0 Å². The fraction of sp³-hybridized carbons (Fsp3) is 0.545. The summed E-state index contributed by atoms with van der Waals surface area (Å²) in [5, 5.41) is 2.25. The molecule has 0 aliphatic carbocycles. The monoisotopic (exact) mass is 542 g/mol. The summed E-state index contributed by atoms with van der Waals surface area (Å²) in [5.74, 6) is 0. The van der Waals surface area contributed by atoms with Gasteiger partial charge in [-0.1, -0.05) is 0 Å². The Morgan fingerprint density at radius 3 is 1.93 bits per heavy atom. The fourth-order valence-electron chi connectivity index (χ4n) is 4.31. The number of fused-ring (bicyclic) bond motifs is 5. The molecule has 0 aromatic carbocycles. The summed E-state index contributed by atoms with van der Waals surface area (Å²) in [6.07, 6.45) is 8.46. The van der Waals surface area contributed by atoms with E-state index in [1.807, 2.05) is 25.6 Å². The molecular weight excluding hydrogens is 511 g/mol. The van der Waals surface area contributed by atoms with Gasteiger partial charge in [0.2, 0.25) is 0 Å². The van der Waals surface area contributed by atoms with Crippen molar-refractivity contribution in [2.75, 3.05) is 0 Å². The summed E-state index contributed by atoms with van der Waals surface area (Å²) < 4.78 is 16.1. The van der Waals surface area contributed by atoms with Crippen molar-refractivity contribution in [2.45, 2.75) is 72.6 Å². The molecule has 4 heterocycles. The average Bonchev–Trinajstić information content (AvgIpc) is 3.41. The van der Waals surface area contributed by atoms with Crippen molar-refractivity contribution < 1.29 is 0 Å². The van der Waals surface area contributed by atoms with E-state index < -0.39 is 18.4 Å². The van der Waals surface area contributed by atoms with Crippen molar-refractivity contribution in [1.29, 1.82) is 0 Å². The van der Waals surface area contributed by atoms with E-state index in [4.69, 9.17) is 0 Å². The zero-order valence-corrected chi connectivity index (χ0v) is 22.8. The quantitative estimate of drug-likeness (QED) is 0.176. The van der Waals surface area contributed by atoms with E-state index in [0.29, 0.717) is 0 Å². The third-order valence-corrected chi connectivity index (χ3v) is 29.2. The molecule has 0 amide bonds. The minimum atomic E-state index is -2.27. The molecule has 0 radical (unpaired) electrons. The Morgan fingerprint density at radius 1 is 0.704 bits per heavy atom. The Labute approximate surface area is 183 Å². The fourth-order valence-corrected chi connectivity index (χ4v) is 29.1. The van der Waals surface area contributed by atoms with E-state index >= 15 is 0 Å². The molecule has 0 aliphatic heterocycles. The molecule has 146 valence electrons. The van der Waals surface area contributed by atoms with Crippen LogP contribution in [0.25, 0.3) is 28.2 Å². The summed E-state index contributed by atoms with van der Waals surface area (Å²) in [6, 6.07) is 5.00. The first-order chi connectivity index (χ1) is 13.2. The summed E-state index contributed by atoms with van der Waals surface area (Å²) in [4.78, 5) is 0. The predicted octanol–water partition coefficient (Wildman–Crippen LogP) is 9.45. The summed E-state index contributed by atoms with van der Waals surface area (Å²) in [7, 11) is 0. The molecule has 27 heavy (non-hydrogen) atoms. The van der Waals surface area contributed by atoms with Crippen LogP contribution >= 0.6 is 45.3 Å². The first kappa shape index (κ1) is 20.6. The number of unbranched alkanes of at least 4 members (excludes halogenated alkanes) is 3. The summed E-state index contributed by atoms with van der Waals surface area (Å²) in [6.45, 7) is 7.14. The molecule has 0 aliphatic rings. The molecule has 0 N–H and O–H groups in total. The molecule has 4 aromatic rings. The van der Waals surface area contributed by atoms with Crippen molar-refractivity contribution >= 4 is 94.8 Å². The van der Waals surface area contributed by atoms with Gasteiger partial charge in [0.25, 0.3) is 0 Å². The molecule has 0 saturated heterocycles. The molecular formula is C22H30S4Sn. The Kier molecular flexibility index (Phi) is 6.90. The van der Waals surface area contributed by atoms with Crippen LogP contribution in [0.15, 0.2) is 17.5 Å². The molecule has 0 saturated carbocycles. The number of hydrogen-bond donors (Lipinski definition) is 0. The molecule has 5 heteroatoms. The van der Waals surface area contributed by atoms with Crippen LogP contribution in [0.5, 0.6) is 0 Å². The first-order valence-electron chi connectivity index (χ1n) is 10.5. The van der Waals surface area contributed by atoms with E-state index in [0.717, 1.165) is 0 Å². The Bertz CT molecular complexity index is 994. The van der Waals surface area contributed by atoms with Crippen molar-refractivity contribution in [3.8, 4) is 0 Å². The van der Waals surface area contributed by atoms with Crippen molar-refractivity contribution in [3.63, 3.8) is 0 Å². The van der Waals surface area contributed by atoms with Gasteiger partial charge >= 0.3 is 185 Å². The van der Waals surface area contributed by atoms with Crippen LogP contribution in [0.1, 0.15) is 59.3 Å². The molecule has 4 aromatic heterocycles. The van der Waals surface area contributed by atoms with Gasteiger partial charge in [-0.15, -0.1) is 0 Å². The minimum absolute atomic E-state index is 1.36. The summed E-state index contributed by atoms with van der Waals surface area (Å²) in [5.41, 5.74) is 0. The predicted molar refractivity (Wildman–Crippen MR) is 135 cm³/mol. The zero-order valence-electron chi connectivity index (χ0n) is 16.7. The van der Waals surface area contributed by atoms with Gasteiger partial charge in [0.1, 0.15) is 0 Å². The third-order valence-electron chi connectivity index (χ3n) is 5.92. The van der Waals surface area contributed by atoms with Crippen molar-refractivity contribution in [1.82, 2.24) is 0 Å². The topological polar surface area (TPSA) is 0 Å². The van der Waals surface area contributed by atoms with Crippen LogP contribution in [0.3, 0.4) is 0 Å². The second-order valence-electron chi connectivity index (χ2n) is 7.87. The molecule has 0 spiro atoms. The van der Waals surface area contributed by atoms with Crippen molar-refractivity contribution in [3.05, 3.63) is 17.5 Å². The van der Waals surface area contributed by atoms with E-state index in [2.05, 4.69) is 61.0 Å². The molecule has 0 bridgehead atoms. The molecule has 0 atom stereocenters. The van der Waals surface area contributed by atoms with Gasteiger partial charge in [-0.3, -0.25) is 0 Å². The van der Waals surface area contributed by atoms with E-state index in [-0.39, 0.29) is 0 Å². The van der Waals surface area contributed by atoms with Crippen LogP contribution in [0, 0.1) is 0 Å². The van der Waals surface area contributed by atoms with Crippen molar-refractivity contribution in [2.24, 2.45) is 0 Å². The van der Waals surface area contributed by atoms with E-state index in [9.17, 15) is 0 Å². The zero-order chi connectivity index (χ0) is 18.9. The molecule has 0 nitrogen and oxygen atoms in total.